The van der Waals surface area contributed by atoms with Crippen molar-refractivity contribution >= 4 is 12.2 Å². The molecule has 0 heterocycles. The summed E-state index contributed by atoms with van der Waals surface area (Å²) in [4.78, 5) is 21.1. The average Bonchev–Trinajstić information content (AvgIpc) is 2.15. The van der Waals surface area contributed by atoms with E-state index >= 15 is 0 Å². The lowest BCUT2D eigenvalue weighted by Crippen LogP contribution is -2.32. The second-order valence-electron chi connectivity index (χ2n) is 3.30. The Bertz CT molecular complexity index is 199. The first-order valence-corrected chi connectivity index (χ1v) is 5.09. The lowest BCUT2D eigenvalue weighted by atomic mass is 10.1. The summed E-state index contributed by atoms with van der Waals surface area (Å²) in [6.45, 7) is 3.62. The third-order valence-corrected chi connectivity index (χ3v) is 1.99. The molecule has 0 saturated heterocycles. The molecule has 1 atom stereocenters. The van der Waals surface area contributed by atoms with E-state index in [2.05, 4.69) is 12.2 Å². The first kappa shape index (κ1) is 12.9. The molecule has 0 aliphatic rings. The van der Waals surface area contributed by atoms with Crippen LogP contribution in [0.2, 0.25) is 0 Å². The van der Waals surface area contributed by atoms with E-state index in [1.165, 1.54) is 19.8 Å². The SMILES string of the molecule is CCCCC/C=C\C(NC=O)C(C)=O. The minimum absolute atomic E-state index is 0.0381. The molecular weight excluding hydrogens is 178 g/mol. The molecule has 0 aliphatic heterocycles. The van der Waals surface area contributed by atoms with Gasteiger partial charge >= 0.3 is 0 Å². The van der Waals surface area contributed by atoms with Gasteiger partial charge in [-0.1, -0.05) is 31.9 Å². The number of Topliss-reactive ketones (excluding diaryl/α,β-unsaturated/α-hetero) is 1. The van der Waals surface area contributed by atoms with E-state index in [1.54, 1.807) is 6.08 Å². The monoisotopic (exact) mass is 197 g/mol. The number of hydrogen-bond donors (Lipinski definition) is 1. The molecule has 0 radical (unpaired) electrons. The predicted molar refractivity (Wildman–Crippen MR) is 57.0 cm³/mol. The summed E-state index contributed by atoms with van der Waals surface area (Å²) >= 11 is 0. The van der Waals surface area contributed by atoms with Gasteiger partial charge in [-0.05, 0) is 19.8 Å². The van der Waals surface area contributed by atoms with Gasteiger partial charge in [-0.2, -0.15) is 0 Å². The molecule has 0 saturated carbocycles. The van der Waals surface area contributed by atoms with E-state index in [9.17, 15) is 9.59 Å². The topological polar surface area (TPSA) is 46.2 Å². The molecule has 0 aromatic rings. The lowest BCUT2D eigenvalue weighted by molar-refractivity contribution is -0.120. The fourth-order valence-electron chi connectivity index (χ4n) is 1.13. The van der Waals surface area contributed by atoms with Gasteiger partial charge in [0, 0.05) is 0 Å². The number of rotatable bonds is 8. The van der Waals surface area contributed by atoms with Crippen LogP contribution in [0.1, 0.15) is 39.5 Å². The highest BCUT2D eigenvalue weighted by Gasteiger charge is 2.06. The Morgan fingerprint density at radius 1 is 1.43 bits per heavy atom. The quantitative estimate of drug-likeness (QED) is 0.366. The van der Waals surface area contributed by atoms with Crippen LogP contribution in [-0.4, -0.2) is 18.2 Å². The molecule has 0 rings (SSSR count). The van der Waals surface area contributed by atoms with Crippen LogP contribution in [0, 0.1) is 0 Å². The molecule has 0 aromatic carbocycles. The molecule has 0 aliphatic carbocycles. The molecular formula is C11H19NO2. The van der Waals surface area contributed by atoms with Gasteiger partial charge in [-0.3, -0.25) is 9.59 Å². The zero-order valence-corrected chi connectivity index (χ0v) is 8.95. The first-order valence-electron chi connectivity index (χ1n) is 5.09. The van der Waals surface area contributed by atoms with Crippen molar-refractivity contribution in [3.05, 3.63) is 12.2 Å². The molecule has 1 N–H and O–H groups in total. The van der Waals surface area contributed by atoms with Gasteiger partial charge in [0.05, 0.1) is 0 Å². The standard InChI is InChI=1S/C11H19NO2/c1-3-4-5-6-7-8-11(10(2)14)12-9-13/h7-9,11H,3-6H2,1-2H3,(H,12,13)/b8-7-. The highest BCUT2D eigenvalue weighted by atomic mass is 16.1. The maximum Gasteiger partial charge on any atom is 0.207 e. The number of nitrogens with one attached hydrogen (secondary N) is 1. The van der Waals surface area contributed by atoms with Crippen LogP contribution in [0.4, 0.5) is 0 Å². The molecule has 0 aromatic heterocycles. The number of carbonyl (C=O) groups excluding carboxylic acids is 2. The zero-order valence-electron chi connectivity index (χ0n) is 8.95. The van der Waals surface area contributed by atoms with Crippen molar-refractivity contribution in [2.45, 2.75) is 45.6 Å². The van der Waals surface area contributed by atoms with Crippen molar-refractivity contribution in [3.63, 3.8) is 0 Å². The first-order chi connectivity index (χ1) is 6.72. The summed E-state index contributed by atoms with van der Waals surface area (Å²) in [5.41, 5.74) is 0. The van der Waals surface area contributed by atoms with Crippen molar-refractivity contribution in [2.75, 3.05) is 0 Å². The summed E-state index contributed by atoms with van der Waals surface area (Å²) < 4.78 is 0. The summed E-state index contributed by atoms with van der Waals surface area (Å²) in [5.74, 6) is -0.0381. The number of carbonyl (C=O) groups is 2. The minimum atomic E-state index is -0.450. The summed E-state index contributed by atoms with van der Waals surface area (Å²) in [6, 6.07) is -0.450. The molecule has 14 heavy (non-hydrogen) atoms. The second-order valence-corrected chi connectivity index (χ2v) is 3.30. The Morgan fingerprint density at radius 2 is 2.14 bits per heavy atom. The highest BCUT2D eigenvalue weighted by Crippen LogP contribution is 2.00. The summed E-state index contributed by atoms with van der Waals surface area (Å²) in [7, 11) is 0. The van der Waals surface area contributed by atoms with Gasteiger partial charge < -0.3 is 5.32 Å². The van der Waals surface area contributed by atoms with E-state index < -0.39 is 6.04 Å². The van der Waals surface area contributed by atoms with Crippen LogP contribution in [0.3, 0.4) is 0 Å². The third kappa shape index (κ3) is 6.40. The predicted octanol–water partition coefficient (Wildman–Crippen LogP) is 1.83. The Morgan fingerprint density at radius 3 is 2.64 bits per heavy atom. The van der Waals surface area contributed by atoms with E-state index in [1.807, 2.05) is 6.08 Å². The molecule has 1 amide bonds. The van der Waals surface area contributed by atoms with Crippen molar-refractivity contribution in [1.82, 2.24) is 5.32 Å². The van der Waals surface area contributed by atoms with Crippen molar-refractivity contribution < 1.29 is 9.59 Å². The summed E-state index contributed by atoms with van der Waals surface area (Å²) in [6.07, 6.45) is 8.77. The second kappa shape index (κ2) is 8.48. The highest BCUT2D eigenvalue weighted by molar-refractivity contribution is 5.85. The fraction of sp³-hybridized carbons (Fsp3) is 0.636. The molecule has 3 nitrogen and oxygen atoms in total. The minimum Gasteiger partial charge on any atom is -0.345 e. The van der Waals surface area contributed by atoms with E-state index in [0.717, 1.165) is 12.8 Å². The number of hydrogen-bond acceptors (Lipinski definition) is 2. The van der Waals surface area contributed by atoms with Crippen LogP contribution in [-0.2, 0) is 9.59 Å². The Balaban J connectivity index is 3.78. The normalized spacial score (nSPS) is 12.7. The summed E-state index contributed by atoms with van der Waals surface area (Å²) in [5, 5.41) is 2.46. The smallest absolute Gasteiger partial charge is 0.207 e. The van der Waals surface area contributed by atoms with Crippen molar-refractivity contribution in [3.8, 4) is 0 Å². The van der Waals surface area contributed by atoms with Gasteiger partial charge in [0.1, 0.15) is 6.04 Å². The Hall–Kier alpha value is -1.12. The maximum absolute atomic E-state index is 11.0. The maximum atomic E-state index is 11.0. The fourth-order valence-corrected chi connectivity index (χ4v) is 1.13. The largest absolute Gasteiger partial charge is 0.345 e. The van der Waals surface area contributed by atoms with Crippen molar-refractivity contribution in [2.24, 2.45) is 0 Å². The van der Waals surface area contributed by atoms with E-state index in [0.29, 0.717) is 6.41 Å². The van der Waals surface area contributed by atoms with Crippen LogP contribution in [0.25, 0.3) is 0 Å². The van der Waals surface area contributed by atoms with E-state index in [-0.39, 0.29) is 5.78 Å². The average molecular weight is 197 g/mol. The molecule has 0 spiro atoms. The number of allylic oxidation sites excluding steroid dienone is 1. The van der Waals surface area contributed by atoms with Gasteiger partial charge in [0.15, 0.2) is 5.78 Å². The van der Waals surface area contributed by atoms with Crippen LogP contribution >= 0.6 is 0 Å². The van der Waals surface area contributed by atoms with Crippen LogP contribution < -0.4 is 5.32 Å². The lowest BCUT2D eigenvalue weighted by Gasteiger charge is -2.06. The number of ketones is 1. The molecule has 0 bridgehead atoms. The Labute approximate surface area is 85.6 Å². The van der Waals surface area contributed by atoms with Gasteiger partial charge in [-0.15, -0.1) is 0 Å². The third-order valence-electron chi connectivity index (χ3n) is 1.99. The number of amides is 1. The molecule has 0 fully saturated rings. The van der Waals surface area contributed by atoms with Gasteiger partial charge in [0.25, 0.3) is 0 Å². The van der Waals surface area contributed by atoms with Crippen LogP contribution in [0.5, 0.6) is 0 Å². The van der Waals surface area contributed by atoms with Gasteiger partial charge in [-0.25, -0.2) is 0 Å². The number of unbranched alkanes of at least 4 members (excludes halogenated alkanes) is 3. The van der Waals surface area contributed by atoms with Crippen LogP contribution in [0.15, 0.2) is 12.2 Å². The van der Waals surface area contributed by atoms with E-state index in [4.69, 9.17) is 0 Å². The molecule has 80 valence electrons. The van der Waals surface area contributed by atoms with Crippen molar-refractivity contribution in [1.29, 1.82) is 0 Å². The Kier molecular flexibility index (Phi) is 7.80. The zero-order chi connectivity index (χ0) is 10.8. The molecule has 1 unspecified atom stereocenters. The molecule has 3 heteroatoms. The van der Waals surface area contributed by atoms with Gasteiger partial charge in [0.2, 0.25) is 6.41 Å².